The molecule has 2 aliphatic heterocycles. The Kier molecular flexibility index (Phi) is 8.08. The quantitative estimate of drug-likeness (QED) is 0.299. The van der Waals surface area contributed by atoms with Gasteiger partial charge < -0.3 is 26.2 Å². The van der Waals surface area contributed by atoms with Gasteiger partial charge in [-0.05, 0) is 60.7 Å². The fourth-order valence-corrected chi connectivity index (χ4v) is 6.00. The number of anilines is 4. The molecule has 2 saturated heterocycles. The molecule has 4 aromatic rings. The number of nitrogens with zero attached hydrogens (tertiary/aromatic N) is 7. The summed E-state index contributed by atoms with van der Waals surface area (Å²) in [5.41, 5.74) is 9.66. The third-order valence-corrected chi connectivity index (χ3v) is 8.71. The number of aromatic nitrogens is 4. The smallest absolute Gasteiger partial charge is 0.251 e. The predicted octanol–water partition coefficient (Wildman–Crippen LogP) is 3.59. The van der Waals surface area contributed by atoms with Crippen molar-refractivity contribution in [2.75, 3.05) is 56.2 Å². The van der Waals surface area contributed by atoms with E-state index in [4.69, 9.17) is 15.7 Å². The van der Waals surface area contributed by atoms with Crippen LogP contribution in [0.15, 0.2) is 54.7 Å². The number of hydrogen-bond acceptors (Lipinski definition) is 9. The Labute approximate surface area is 263 Å². The molecule has 2 aromatic carbocycles. The number of hydrogen-bond donors (Lipinski definition) is 3. The molecule has 0 aliphatic carbocycles. The zero-order valence-corrected chi connectivity index (χ0v) is 26.6. The van der Waals surface area contributed by atoms with Gasteiger partial charge in [-0.15, -0.1) is 0 Å². The molecule has 12 heteroatoms. The topological polar surface area (TPSA) is 137 Å². The molecule has 236 valence electrons. The number of piperidine rings is 1. The predicted molar refractivity (Wildman–Crippen MR) is 176 cm³/mol. The minimum absolute atomic E-state index is 0.0281. The van der Waals surface area contributed by atoms with Crippen molar-refractivity contribution in [1.29, 1.82) is 0 Å². The van der Waals surface area contributed by atoms with E-state index in [1.165, 1.54) is 5.56 Å². The zero-order valence-electron chi connectivity index (χ0n) is 26.6. The monoisotopic (exact) mass is 610 g/mol. The Morgan fingerprint density at radius 1 is 0.956 bits per heavy atom. The standard InChI is InChI=1S/C33H42N10O2/c1-33(2,3)23-12-8-22(9-13-23)28(44)35-25-7-6-16-42(19-25)30-38-31(43-20-26(34)37-32(43)39-30)36-24-14-10-21(11-15-24)27-29(45)41(5)18-17-40(27)4/h8-15,20,25,27H,6-7,16-19,34H2,1-5H3,(H,35,44)(H,36,37,38,39). The van der Waals surface area contributed by atoms with Crippen LogP contribution in [0.3, 0.4) is 0 Å². The maximum Gasteiger partial charge on any atom is 0.251 e. The van der Waals surface area contributed by atoms with Gasteiger partial charge in [0.2, 0.25) is 23.6 Å². The first kappa shape index (κ1) is 30.3. The number of nitrogens with one attached hydrogen (secondary N) is 2. The highest BCUT2D eigenvalue weighted by molar-refractivity contribution is 5.94. The van der Waals surface area contributed by atoms with Crippen LogP contribution in [0.25, 0.3) is 5.78 Å². The maximum atomic E-state index is 13.1. The molecule has 2 unspecified atom stereocenters. The zero-order chi connectivity index (χ0) is 31.9. The molecule has 2 aliphatic rings. The summed E-state index contributed by atoms with van der Waals surface area (Å²) in [6, 6.07) is 15.3. The van der Waals surface area contributed by atoms with E-state index in [0.29, 0.717) is 35.6 Å². The van der Waals surface area contributed by atoms with E-state index in [1.807, 2.05) is 62.6 Å². The number of imidazole rings is 1. The fraction of sp³-hybridized carbons (Fsp3) is 0.424. The summed E-state index contributed by atoms with van der Waals surface area (Å²) < 4.78 is 1.73. The number of carbonyl (C=O) groups is 2. The second-order valence-electron chi connectivity index (χ2n) is 13.2. The Hall–Kier alpha value is -4.71. The number of rotatable bonds is 6. The Bertz CT molecular complexity index is 1690. The number of likely N-dealkylation sites (N-methyl/N-ethyl adjacent to an activating group) is 2. The first-order chi connectivity index (χ1) is 21.5. The molecule has 0 saturated carbocycles. The average molecular weight is 611 g/mol. The second-order valence-corrected chi connectivity index (χ2v) is 13.2. The minimum atomic E-state index is -0.306. The van der Waals surface area contributed by atoms with Gasteiger partial charge in [-0.3, -0.25) is 18.9 Å². The van der Waals surface area contributed by atoms with Gasteiger partial charge in [0.1, 0.15) is 11.9 Å². The summed E-state index contributed by atoms with van der Waals surface area (Å²) in [6.45, 7) is 9.35. The van der Waals surface area contributed by atoms with Gasteiger partial charge in [0.15, 0.2) is 0 Å². The van der Waals surface area contributed by atoms with Gasteiger partial charge >= 0.3 is 0 Å². The molecular weight excluding hydrogens is 568 g/mol. The third kappa shape index (κ3) is 6.41. The summed E-state index contributed by atoms with van der Waals surface area (Å²) >= 11 is 0. The lowest BCUT2D eigenvalue weighted by molar-refractivity contribution is -0.139. The van der Waals surface area contributed by atoms with Crippen LogP contribution >= 0.6 is 0 Å². The highest BCUT2D eigenvalue weighted by Crippen LogP contribution is 2.28. The second kappa shape index (κ2) is 12.0. The molecule has 2 amide bonds. The molecule has 2 fully saturated rings. The third-order valence-electron chi connectivity index (χ3n) is 8.71. The number of amides is 2. The van der Waals surface area contributed by atoms with E-state index in [0.717, 1.165) is 43.7 Å². The normalized spacial score (nSPS) is 19.6. The molecule has 0 spiro atoms. The molecule has 4 heterocycles. The first-order valence-electron chi connectivity index (χ1n) is 15.5. The summed E-state index contributed by atoms with van der Waals surface area (Å²) in [7, 11) is 3.82. The summed E-state index contributed by atoms with van der Waals surface area (Å²) in [6.07, 6.45) is 3.44. The first-order valence-corrected chi connectivity index (χ1v) is 15.5. The maximum absolute atomic E-state index is 13.1. The molecule has 12 nitrogen and oxygen atoms in total. The molecule has 0 bridgehead atoms. The van der Waals surface area contributed by atoms with Crippen molar-refractivity contribution in [3.8, 4) is 0 Å². The molecule has 0 radical (unpaired) electrons. The lowest BCUT2D eigenvalue weighted by Gasteiger charge is -2.37. The highest BCUT2D eigenvalue weighted by atomic mass is 16.2. The van der Waals surface area contributed by atoms with E-state index >= 15 is 0 Å². The van der Waals surface area contributed by atoms with Crippen LogP contribution in [0.4, 0.5) is 23.4 Å². The highest BCUT2D eigenvalue weighted by Gasteiger charge is 2.32. The van der Waals surface area contributed by atoms with E-state index in [-0.39, 0.29) is 29.3 Å². The molecular formula is C33H42N10O2. The SMILES string of the molecule is CN1CCN(C)C(c2ccc(Nc3nc(N4CCCC(NC(=O)c5ccc(C(C)(C)C)cc5)C4)nc4nc(N)cn34)cc2)C1=O. The van der Waals surface area contributed by atoms with Crippen molar-refractivity contribution < 1.29 is 9.59 Å². The van der Waals surface area contributed by atoms with Crippen LogP contribution in [0.5, 0.6) is 0 Å². The number of carbonyl (C=O) groups excluding carboxylic acids is 2. The average Bonchev–Trinajstić information content (AvgIpc) is 3.40. The Morgan fingerprint density at radius 2 is 1.69 bits per heavy atom. The van der Waals surface area contributed by atoms with Gasteiger partial charge in [0, 0.05) is 50.5 Å². The van der Waals surface area contributed by atoms with Crippen molar-refractivity contribution in [3.05, 3.63) is 71.4 Å². The number of nitrogen functional groups attached to an aromatic ring is 1. The van der Waals surface area contributed by atoms with Gasteiger partial charge in [-0.25, -0.2) is 0 Å². The Morgan fingerprint density at radius 3 is 2.40 bits per heavy atom. The van der Waals surface area contributed by atoms with Crippen molar-refractivity contribution in [3.63, 3.8) is 0 Å². The molecule has 2 atom stereocenters. The van der Waals surface area contributed by atoms with Crippen LogP contribution in [0, 0.1) is 0 Å². The van der Waals surface area contributed by atoms with Crippen LogP contribution in [0.2, 0.25) is 0 Å². The van der Waals surface area contributed by atoms with Gasteiger partial charge in [0.05, 0.1) is 6.20 Å². The summed E-state index contributed by atoms with van der Waals surface area (Å²) in [5.74, 6) is 1.80. The van der Waals surface area contributed by atoms with Crippen LogP contribution < -0.4 is 21.3 Å². The minimum Gasteiger partial charge on any atom is -0.382 e. The van der Waals surface area contributed by atoms with Crippen molar-refractivity contribution >= 4 is 41.0 Å². The molecule has 6 rings (SSSR count). The largest absolute Gasteiger partial charge is 0.382 e. The number of benzene rings is 2. The van der Waals surface area contributed by atoms with Gasteiger partial charge in [0.25, 0.3) is 5.91 Å². The van der Waals surface area contributed by atoms with Crippen molar-refractivity contribution in [1.82, 2.24) is 34.5 Å². The lowest BCUT2D eigenvalue weighted by atomic mass is 9.86. The van der Waals surface area contributed by atoms with E-state index in [2.05, 4.69) is 46.2 Å². The summed E-state index contributed by atoms with van der Waals surface area (Å²) in [4.78, 5) is 45.9. The number of fused-ring (bicyclic) bond motifs is 1. The summed E-state index contributed by atoms with van der Waals surface area (Å²) in [5, 5.41) is 6.60. The van der Waals surface area contributed by atoms with Crippen molar-refractivity contribution in [2.24, 2.45) is 0 Å². The fourth-order valence-electron chi connectivity index (χ4n) is 6.00. The lowest BCUT2D eigenvalue weighted by Crippen LogP contribution is -2.48. The number of piperazine rings is 1. The van der Waals surface area contributed by atoms with Crippen LogP contribution in [0.1, 0.15) is 61.1 Å². The van der Waals surface area contributed by atoms with Gasteiger partial charge in [-0.1, -0.05) is 45.0 Å². The number of nitrogens with two attached hydrogens (primary N) is 1. The van der Waals surface area contributed by atoms with Crippen LogP contribution in [-0.4, -0.2) is 87.3 Å². The van der Waals surface area contributed by atoms with E-state index in [9.17, 15) is 9.59 Å². The van der Waals surface area contributed by atoms with Crippen LogP contribution in [-0.2, 0) is 10.2 Å². The molecule has 4 N–H and O–H groups in total. The molecule has 2 aromatic heterocycles. The van der Waals surface area contributed by atoms with Crippen molar-refractivity contribution in [2.45, 2.75) is 51.1 Å². The molecule has 45 heavy (non-hydrogen) atoms. The van der Waals surface area contributed by atoms with E-state index < -0.39 is 0 Å². The van der Waals surface area contributed by atoms with Gasteiger partial charge in [-0.2, -0.15) is 15.0 Å². The Balaban J connectivity index is 1.19. The van der Waals surface area contributed by atoms with E-state index in [1.54, 1.807) is 15.5 Å².